The van der Waals surface area contributed by atoms with Crippen molar-refractivity contribution in [1.29, 1.82) is 0 Å². The van der Waals surface area contributed by atoms with E-state index in [9.17, 15) is 9.50 Å². The Balaban J connectivity index is 2.22. The molecule has 1 N–H and O–H groups in total. The Bertz CT molecular complexity index is 617. The van der Waals surface area contributed by atoms with Crippen LogP contribution in [0.1, 0.15) is 24.2 Å². The summed E-state index contributed by atoms with van der Waals surface area (Å²) in [7, 11) is 0. The largest absolute Gasteiger partial charge is 0.488 e. The topological polar surface area (TPSA) is 29.5 Å². The van der Waals surface area contributed by atoms with E-state index in [1.807, 2.05) is 6.07 Å². The van der Waals surface area contributed by atoms with Crippen molar-refractivity contribution >= 4 is 27.5 Å². The molecule has 106 valence electrons. The van der Waals surface area contributed by atoms with Gasteiger partial charge in [0.1, 0.15) is 18.2 Å². The third-order valence-corrected chi connectivity index (χ3v) is 3.54. The van der Waals surface area contributed by atoms with E-state index in [0.717, 1.165) is 4.47 Å². The van der Waals surface area contributed by atoms with Gasteiger partial charge in [0.25, 0.3) is 0 Å². The summed E-state index contributed by atoms with van der Waals surface area (Å²) in [6, 6.07) is 9.63. The molecule has 0 saturated heterocycles. The number of halogens is 3. The first kappa shape index (κ1) is 15.3. The molecular weight excluding hydrogens is 347 g/mol. The lowest BCUT2D eigenvalue weighted by Crippen LogP contribution is -2.02. The number of hydrogen-bond acceptors (Lipinski definition) is 2. The number of aliphatic hydroxyl groups excluding tert-OH is 1. The van der Waals surface area contributed by atoms with Gasteiger partial charge in [-0.2, -0.15) is 0 Å². The SMILES string of the molecule is C[C@H](O)c1ccc(Br)cc1OCc1cc(Cl)ccc1F. The zero-order valence-electron chi connectivity index (χ0n) is 10.7. The average Bonchev–Trinajstić information content (AvgIpc) is 2.39. The second-order valence-corrected chi connectivity index (χ2v) is 5.73. The zero-order chi connectivity index (χ0) is 14.7. The number of rotatable bonds is 4. The molecule has 0 aliphatic rings. The van der Waals surface area contributed by atoms with Gasteiger partial charge < -0.3 is 9.84 Å². The number of hydrogen-bond donors (Lipinski definition) is 1. The van der Waals surface area contributed by atoms with Crippen LogP contribution in [-0.2, 0) is 6.61 Å². The lowest BCUT2D eigenvalue weighted by molar-refractivity contribution is 0.190. The molecule has 0 aromatic heterocycles. The number of ether oxygens (including phenoxy) is 1. The van der Waals surface area contributed by atoms with Crippen molar-refractivity contribution in [1.82, 2.24) is 0 Å². The molecule has 0 bridgehead atoms. The van der Waals surface area contributed by atoms with Crippen molar-refractivity contribution in [2.24, 2.45) is 0 Å². The maximum absolute atomic E-state index is 13.6. The smallest absolute Gasteiger partial charge is 0.129 e. The van der Waals surface area contributed by atoms with Gasteiger partial charge >= 0.3 is 0 Å². The number of aliphatic hydroxyl groups is 1. The summed E-state index contributed by atoms with van der Waals surface area (Å²) < 4.78 is 20.0. The van der Waals surface area contributed by atoms with Crippen LogP contribution in [0.2, 0.25) is 5.02 Å². The van der Waals surface area contributed by atoms with E-state index >= 15 is 0 Å². The molecule has 0 unspecified atom stereocenters. The van der Waals surface area contributed by atoms with Crippen molar-refractivity contribution in [2.45, 2.75) is 19.6 Å². The summed E-state index contributed by atoms with van der Waals surface area (Å²) in [5.41, 5.74) is 1.02. The highest BCUT2D eigenvalue weighted by molar-refractivity contribution is 9.10. The normalized spacial score (nSPS) is 12.2. The van der Waals surface area contributed by atoms with Crippen LogP contribution >= 0.6 is 27.5 Å². The molecule has 0 saturated carbocycles. The summed E-state index contributed by atoms with van der Waals surface area (Å²) in [6.07, 6.45) is -0.665. The minimum Gasteiger partial charge on any atom is -0.488 e. The van der Waals surface area contributed by atoms with Crippen LogP contribution in [0, 0.1) is 5.82 Å². The average molecular weight is 360 g/mol. The third kappa shape index (κ3) is 3.72. The molecule has 2 aromatic rings. The minimum atomic E-state index is -0.665. The van der Waals surface area contributed by atoms with Gasteiger partial charge in [-0.25, -0.2) is 4.39 Å². The highest BCUT2D eigenvalue weighted by Crippen LogP contribution is 2.29. The van der Waals surface area contributed by atoms with Crippen LogP contribution in [0.5, 0.6) is 5.75 Å². The molecule has 0 amide bonds. The predicted molar refractivity (Wildman–Crippen MR) is 80.5 cm³/mol. The fraction of sp³-hybridized carbons (Fsp3) is 0.200. The first-order valence-corrected chi connectivity index (χ1v) is 7.18. The molecule has 2 aromatic carbocycles. The van der Waals surface area contributed by atoms with Crippen molar-refractivity contribution in [3.63, 3.8) is 0 Å². The maximum Gasteiger partial charge on any atom is 0.129 e. The first-order chi connectivity index (χ1) is 9.47. The van der Waals surface area contributed by atoms with Gasteiger partial charge in [-0.3, -0.25) is 0 Å². The molecular formula is C15H13BrClFO2. The predicted octanol–water partition coefficient (Wildman–Crippen LogP) is 4.87. The molecule has 0 spiro atoms. The van der Waals surface area contributed by atoms with E-state index < -0.39 is 6.10 Å². The van der Waals surface area contributed by atoms with E-state index in [4.69, 9.17) is 16.3 Å². The van der Waals surface area contributed by atoms with Crippen LogP contribution in [-0.4, -0.2) is 5.11 Å². The second-order valence-electron chi connectivity index (χ2n) is 4.38. The van der Waals surface area contributed by atoms with Crippen LogP contribution in [0.3, 0.4) is 0 Å². The van der Waals surface area contributed by atoms with Crippen molar-refractivity contribution in [3.05, 3.63) is 62.8 Å². The van der Waals surface area contributed by atoms with Crippen LogP contribution in [0.15, 0.2) is 40.9 Å². The van der Waals surface area contributed by atoms with Gasteiger partial charge in [0.2, 0.25) is 0 Å². The molecule has 2 nitrogen and oxygen atoms in total. The lowest BCUT2D eigenvalue weighted by atomic mass is 10.1. The summed E-state index contributed by atoms with van der Waals surface area (Å²) >= 11 is 9.18. The Labute approximate surface area is 130 Å². The van der Waals surface area contributed by atoms with E-state index in [-0.39, 0.29) is 12.4 Å². The molecule has 0 heterocycles. The first-order valence-electron chi connectivity index (χ1n) is 6.01. The van der Waals surface area contributed by atoms with E-state index in [1.165, 1.54) is 18.2 Å². The minimum absolute atomic E-state index is 0.0442. The second kappa shape index (κ2) is 6.57. The maximum atomic E-state index is 13.6. The molecule has 0 aliphatic heterocycles. The molecule has 1 atom stereocenters. The van der Waals surface area contributed by atoms with Crippen molar-refractivity contribution < 1.29 is 14.2 Å². The van der Waals surface area contributed by atoms with Gasteiger partial charge in [0.15, 0.2) is 0 Å². The van der Waals surface area contributed by atoms with E-state index in [0.29, 0.717) is 21.9 Å². The molecule has 20 heavy (non-hydrogen) atoms. The molecule has 2 rings (SSSR count). The molecule has 0 radical (unpaired) electrons. The third-order valence-electron chi connectivity index (χ3n) is 2.82. The van der Waals surface area contributed by atoms with Gasteiger partial charge in [0.05, 0.1) is 6.10 Å². The number of benzene rings is 2. The van der Waals surface area contributed by atoms with Crippen molar-refractivity contribution in [3.8, 4) is 5.75 Å². The molecule has 0 aliphatic carbocycles. The Morgan fingerprint density at radius 2 is 2.05 bits per heavy atom. The van der Waals surface area contributed by atoms with Crippen LogP contribution in [0.4, 0.5) is 4.39 Å². The Morgan fingerprint density at radius 3 is 2.75 bits per heavy atom. The summed E-state index contributed by atoms with van der Waals surface area (Å²) in [5, 5.41) is 10.2. The van der Waals surface area contributed by atoms with Gasteiger partial charge in [-0.15, -0.1) is 0 Å². The fourth-order valence-corrected chi connectivity index (χ4v) is 2.32. The van der Waals surface area contributed by atoms with Crippen molar-refractivity contribution in [2.75, 3.05) is 0 Å². The van der Waals surface area contributed by atoms with Gasteiger partial charge in [0, 0.05) is 20.6 Å². The summed E-state index contributed by atoms with van der Waals surface area (Å²) in [6.45, 7) is 1.69. The highest BCUT2D eigenvalue weighted by atomic mass is 79.9. The Hall–Kier alpha value is -1.10. The molecule has 5 heteroatoms. The van der Waals surface area contributed by atoms with E-state index in [2.05, 4.69) is 15.9 Å². The monoisotopic (exact) mass is 358 g/mol. The standard InChI is InChI=1S/C15H13BrClFO2/c1-9(19)13-4-2-11(16)7-15(13)20-8-10-6-12(17)3-5-14(10)18/h2-7,9,19H,8H2,1H3/t9-/m0/s1. The Kier molecular flexibility index (Phi) is 5.02. The summed E-state index contributed by atoms with van der Waals surface area (Å²) in [5.74, 6) is 0.136. The lowest BCUT2D eigenvalue weighted by Gasteiger charge is -2.14. The Morgan fingerprint density at radius 1 is 1.30 bits per heavy atom. The fourth-order valence-electron chi connectivity index (χ4n) is 1.79. The van der Waals surface area contributed by atoms with Gasteiger partial charge in [-0.05, 0) is 37.3 Å². The highest BCUT2D eigenvalue weighted by Gasteiger charge is 2.11. The zero-order valence-corrected chi connectivity index (χ0v) is 13.1. The van der Waals surface area contributed by atoms with Gasteiger partial charge in [-0.1, -0.05) is 33.6 Å². The summed E-state index contributed by atoms with van der Waals surface area (Å²) in [4.78, 5) is 0. The van der Waals surface area contributed by atoms with Crippen LogP contribution in [0.25, 0.3) is 0 Å². The van der Waals surface area contributed by atoms with Crippen LogP contribution < -0.4 is 4.74 Å². The molecule has 0 fully saturated rings. The quantitative estimate of drug-likeness (QED) is 0.843. The van der Waals surface area contributed by atoms with E-state index in [1.54, 1.807) is 19.1 Å².